The van der Waals surface area contributed by atoms with Crippen LogP contribution in [0.25, 0.3) is 0 Å². The van der Waals surface area contributed by atoms with E-state index in [-0.39, 0.29) is 29.9 Å². The third-order valence-corrected chi connectivity index (χ3v) is 6.76. The van der Waals surface area contributed by atoms with Gasteiger partial charge in [0.05, 0.1) is 0 Å². The number of halogens is 1. The largest absolute Gasteiger partial charge is 0.357 e. The van der Waals surface area contributed by atoms with E-state index in [1.165, 1.54) is 50.9 Å². The maximum absolute atomic E-state index is 11.9. The van der Waals surface area contributed by atoms with Gasteiger partial charge in [0.2, 0.25) is 5.91 Å². The smallest absolute Gasteiger partial charge is 0.222 e. The second-order valence-electron chi connectivity index (χ2n) is 9.27. The van der Waals surface area contributed by atoms with Gasteiger partial charge in [-0.3, -0.25) is 9.79 Å². The Labute approximate surface area is 218 Å². The summed E-state index contributed by atoms with van der Waals surface area (Å²) in [4.78, 5) is 21.3. The Hall–Kier alpha value is -1.35. The van der Waals surface area contributed by atoms with Crippen molar-refractivity contribution < 1.29 is 4.79 Å². The molecule has 1 amide bonds. The van der Waals surface area contributed by atoms with E-state index >= 15 is 0 Å². The van der Waals surface area contributed by atoms with Gasteiger partial charge in [0.15, 0.2) is 5.96 Å². The number of carbonyl (C=O) groups is 1. The average molecular weight is 570 g/mol. The Bertz CT molecular complexity index is 706. The van der Waals surface area contributed by atoms with Crippen molar-refractivity contribution in [3.05, 3.63) is 35.9 Å². The van der Waals surface area contributed by atoms with Crippen LogP contribution in [-0.4, -0.2) is 73.5 Å². The summed E-state index contributed by atoms with van der Waals surface area (Å²) in [7, 11) is 0. The molecule has 0 bridgehead atoms. The number of nitrogens with zero attached hydrogens (tertiary/aromatic N) is 3. The zero-order chi connectivity index (χ0) is 22.6. The average Bonchev–Trinajstić information content (AvgIpc) is 3.29. The monoisotopic (exact) mass is 569 g/mol. The van der Waals surface area contributed by atoms with E-state index in [0.717, 1.165) is 50.9 Å². The SMILES string of the molecule is CCNC(=NCCCCN1CCC(Cc2ccccc2)CC1)NC1CCN(C(=O)CC)C1.I. The zero-order valence-corrected chi connectivity index (χ0v) is 22.9. The normalized spacial score (nSPS) is 19.9. The topological polar surface area (TPSA) is 60.0 Å². The van der Waals surface area contributed by atoms with Crippen molar-refractivity contribution in [2.45, 2.75) is 64.8 Å². The van der Waals surface area contributed by atoms with Crippen LogP contribution in [0.2, 0.25) is 0 Å². The number of amides is 1. The van der Waals surface area contributed by atoms with Crippen molar-refractivity contribution in [3.63, 3.8) is 0 Å². The number of carbonyl (C=O) groups excluding carboxylic acids is 1. The number of likely N-dealkylation sites (tertiary alicyclic amines) is 2. The Kier molecular flexibility index (Phi) is 13.1. The fraction of sp³-hybridized carbons (Fsp3) is 0.692. The molecule has 1 unspecified atom stereocenters. The minimum Gasteiger partial charge on any atom is -0.357 e. The van der Waals surface area contributed by atoms with Gasteiger partial charge in [-0.05, 0) is 76.6 Å². The molecule has 33 heavy (non-hydrogen) atoms. The number of guanidine groups is 1. The highest BCUT2D eigenvalue weighted by atomic mass is 127. The number of aliphatic imine (C=N–C) groups is 1. The lowest BCUT2D eigenvalue weighted by Gasteiger charge is -2.32. The van der Waals surface area contributed by atoms with Crippen molar-refractivity contribution in [2.75, 3.05) is 45.8 Å². The summed E-state index contributed by atoms with van der Waals surface area (Å²) in [5, 5.41) is 6.88. The molecule has 1 aromatic carbocycles. The molecule has 0 spiro atoms. The molecule has 2 aliphatic heterocycles. The van der Waals surface area contributed by atoms with Gasteiger partial charge in [-0.2, -0.15) is 0 Å². The molecule has 2 N–H and O–H groups in total. The fourth-order valence-electron chi connectivity index (χ4n) is 4.84. The maximum Gasteiger partial charge on any atom is 0.222 e. The molecule has 6 nitrogen and oxygen atoms in total. The second-order valence-corrected chi connectivity index (χ2v) is 9.27. The number of rotatable bonds is 10. The van der Waals surface area contributed by atoms with Gasteiger partial charge in [0.1, 0.15) is 0 Å². The summed E-state index contributed by atoms with van der Waals surface area (Å²) >= 11 is 0. The summed E-state index contributed by atoms with van der Waals surface area (Å²) < 4.78 is 0. The number of nitrogens with one attached hydrogen (secondary N) is 2. The van der Waals surface area contributed by atoms with Gasteiger partial charge in [-0.25, -0.2) is 0 Å². The lowest BCUT2D eigenvalue weighted by atomic mass is 9.90. The minimum atomic E-state index is 0. The van der Waals surface area contributed by atoms with Crippen LogP contribution in [0.15, 0.2) is 35.3 Å². The van der Waals surface area contributed by atoms with E-state index in [0.29, 0.717) is 12.5 Å². The van der Waals surface area contributed by atoms with E-state index in [1.54, 1.807) is 0 Å². The molecule has 0 saturated carbocycles. The van der Waals surface area contributed by atoms with Gasteiger partial charge in [-0.1, -0.05) is 37.3 Å². The number of unbranched alkanes of at least 4 members (excludes halogenated alkanes) is 1. The first-order valence-electron chi connectivity index (χ1n) is 12.8. The molecule has 0 aliphatic carbocycles. The zero-order valence-electron chi connectivity index (χ0n) is 20.6. The molecule has 2 aliphatic rings. The highest BCUT2D eigenvalue weighted by Crippen LogP contribution is 2.21. The number of benzene rings is 1. The van der Waals surface area contributed by atoms with E-state index in [1.807, 2.05) is 11.8 Å². The Balaban J connectivity index is 0.00000385. The molecule has 1 atom stereocenters. The summed E-state index contributed by atoms with van der Waals surface area (Å²) in [5.41, 5.74) is 1.48. The van der Waals surface area contributed by atoms with Gasteiger partial charge in [0, 0.05) is 38.6 Å². The first-order chi connectivity index (χ1) is 15.7. The van der Waals surface area contributed by atoms with Crippen molar-refractivity contribution in [1.29, 1.82) is 0 Å². The third kappa shape index (κ3) is 9.81. The molecule has 0 radical (unpaired) electrons. The molecule has 2 heterocycles. The Morgan fingerprint density at radius 1 is 1.06 bits per heavy atom. The maximum atomic E-state index is 11.9. The predicted molar refractivity (Wildman–Crippen MR) is 148 cm³/mol. The standard InChI is InChI=1S/C26H43N5O.HI/c1-3-25(32)31-19-14-24(21-31)29-26(27-4-2)28-15-8-9-16-30-17-12-23(13-18-30)20-22-10-6-5-7-11-22;/h5-7,10-11,23-24H,3-4,8-9,12-21H2,1-2H3,(H2,27,28,29);1H. The first kappa shape index (κ1) is 27.9. The number of piperidine rings is 1. The van der Waals surface area contributed by atoms with Crippen LogP contribution in [0.3, 0.4) is 0 Å². The molecule has 7 heteroatoms. The third-order valence-electron chi connectivity index (χ3n) is 6.76. The van der Waals surface area contributed by atoms with Gasteiger partial charge >= 0.3 is 0 Å². The highest BCUT2D eigenvalue weighted by molar-refractivity contribution is 14.0. The van der Waals surface area contributed by atoms with Gasteiger partial charge < -0.3 is 20.4 Å². The second kappa shape index (κ2) is 15.5. The quantitative estimate of drug-likeness (QED) is 0.194. The van der Waals surface area contributed by atoms with Crippen LogP contribution in [0, 0.1) is 5.92 Å². The fourth-order valence-corrected chi connectivity index (χ4v) is 4.84. The molecule has 0 aromatic heterocycles. The molecule has 1 aromatic rings. The van der Waals surface area contributed by atoms with Gasteiger partial charge in [0.25, 0.3) is 0 Å². The van der Waals surface area contributed by atoms with Crippen molar-refractivity contribution in [1.82, 2.24) is 20.4 Å². The molecule has 2 saturated heterocycles. The minimum absolute atomic E-state index is 0. The number of hydrogen-bond acceptors (Lipinski definition) is 3. The summed E-state index contributed by atoms with van der Waals surface area (Å²) in [5.74, 6) is 1.98. The van der Waals surface area contributed by atoms with Crippen LogP contribution >= 0.6 is 24.0 Å². The van der Waals surface area contributed by atoms with Crippen LogP contribution in [0.5, 0.6) is 0 Å². The highest BCUT2D eigenvalue weighted by Gasteiger charge is 2.25. The summed E-state index contributed by atoms with van der Waals surface area (Å²) in [6.45, 7) is 11.0. The predicted octanol–water partition coefficient (Wildman–Crippen LogP) is 3.91. The van der Waals surface area contributed by atoms with Crippen LogP contribution in [0.4, 0.5) is 0 Å². The van der Waals surface area contributed by atoms with E-state index in [4.69, 9.17) is 4.99 Å². The van der Waals surface area contributed by atoms with Crippen molar-refractivity contribution in [2.24, 2.45) is 10.9 Å². The van der Waals surface area contributed by atoms with Crippen molar-refractivity contribution in [3.8, 4) is 0 Å². The lowest BCUT2D eigenvalue weighted by molar-refractivity contribution is -0.129. The molecular weight excluding hydrogens is 525 g/mol. The van der Waals surface area contributed by atoms with Crippen LogP contribution < -0.4 is 10.6 Å². The van der Waals surface area contributed by atoms with Crippen LogP contribution in [-0.2, 0) is 11.2 Å². The number of hydrogen-bond donors (Lipinski definition) is 2. The van der Waals surface area contributed by atoms with Crippen LogP contribution in [0.1, 0.15) is 57.9 Å². The Morgan fingerprint density at radius 2 is 1.82 bits per heavy atom. The van der Waals surface area contributed by atoms with Gasteiger partial charge in [-0.15, -0.1) is 24.0 Å². The van der Waals surface area contributed by atoms with E-state index in [9.17, 15) is 4.79 Å². The van der Waals surface area contributed by atoms with E-state index in [2.05, 4.69) is 52.8 Å². The lowest BCUT2D eigenvalue weighted by Crippen LogP contribution is -2.45. The molecule has 3 rings (SSSR count). The molecular formula is C26H44IN5O. The summed E-state index contributed by atoms with van der Waals surface area (Å²) in [6, 6.07) is 11.2. The molecule has 186 valence electrons. The Morgan fingerprint density at radius 3 is 2.52 bits per heavy atom. The first-order valence-corrected chi connectivity index (χ1v) is 12.8. The van der Waals surface area contributed by atoms with E-state index < -0.39 is 0 Å². The van der Waals surface area contributed by atoms with Crippen molar-refractivity contribution >= 4 is 35.8 Å². The molecule has 2 fully saturated rings. The summed E-state index contributed by atoms with van der Waals surface area (Å²) in [6.07, 6.45) is 7.78.